The first-order valence-corrected chi connectivity index (χ1v) is 23.0. The molecular weight excluding hydrogens is 799 g/mol. The second kappa shape index (κ2) is 21.6. The molecule has 0 amide bonds. The Morgan fingerprint density at radius 1 is 0.891 bits per heavy atom. The molecule has 2 aliphatic rings. The van der Waals surface area contributed by atoms with Crippen molar-refractivity contribution in [1.82, 2.24) is 4.98 Å². The summed E-state index contributed by atoms with van der Waals surface area (Å²) in [5.41, 5.74) is 20.7. The number of aliphatic hydroxyl groups is 1. The van der Waals surface area contributed by atoms with Crippen LogP contribution in [0, 0.1) is 23.2 Å². The number of aryl methyl sites for hydroxylation is 2. The number of aromatic nitrogens is 1. The molecule has 1 fully saturated rings. The van der Waals surface area contributed by atoms with Gasteiger partial charge in [0.2, 0.25) is 0 Å². The van der Waals surface area contributed by atoms with Crippen LogP contribution in [0.25, 0.3) is 0 Å². The zero-order chi connectivity index (χ0) is 45.1. The molecule has 0 aliphatic heterocycles. The van der Waals surface area contributed by atoms with Crippen molar-refractivity contribution in [2.24, 2.45) is 22.8 Å². The van der Waals surface area contributed by atoms with Gasteiger partial charge in [-0.3, -0.25) is 9.59 Å². The van der Waals surface area contributed by atoms with Crippen molar-refractivity contribution in [2.45, 2.75) is 109 Å². The molecule has 9 nitrogen and oxygen atoms in total. The number of fused-ring (bicyclic) bond motifs is 2. The second-order valence-corrected chi connectivity index (χ2v) is 18.0. The Balaban J connectivity index is 0.955. The fourth-order valence-corrected chi connectivity index (χ4v) is 9.51. The summed E-state index contributed by atoms with van der Waals surface area (Å²) in [6.45, 7) is 2.75. The van der Waals surface area contributed by atoms with Crippen molar-refractivity contribution in [3.8, 4) is 29.1 Å². The minimum Gasteiger partial charge on any atom is -0.508 e. The Labute approximate surface area is 378 Å². The molecule has 0 unspecified atom stereocenters. The molecule has 2 aliphatic carbocycles. The quantitative estimate of drug-likeness (QED) is 0.0271. The first kappa shape index (κ1) is 46.1. The van der Waals surface area contributed by atoms with E-state index in [0.717, 1.165) is 66.5 Å². The molecule has 0 saturated heterocycles. The average molecular weight is 862 g/mol. The van der Waals surface area contributed by atoms with Crippen molar-refractivity contribution in [3.63, 3.8) is 0 Å². The highest BCUT2D eigenvalue weighted by molar-refractivity contribution is 5.98. The average Bonchev–Trinajstić information content (AvgIpc) is 3.98. The number of allylic oxidation sites excluding steroid dienone is 2. The Morgan fingerprint density at radius 2 is 1.64 bits per heavy atom. The highest BCUT2D eigenvalue weighted by Crippen LogP contribution is 2.44. The fraction of sp³-hybridized carbons (Fsp3) is 0.382. The van der Waals surface area contributed by atoms with E-state index in [9.17, 15) is 24.9 Å². The lowest BCUT2D eigenvalue weighted by Crippen LogP contribution is -2.20. The van der Waals surface area contributed by atoms with E-state index in [4.69, 9.17) is 16.2 Å². The molecule has 334 valence electrons. The SMILES string of the molecule is C[C@H](CCc1ccccc1CCO)CCC1(/C=C/C(=O)CCc2ccc(O)c(OCCc3ccc(O)c([C@H]4CC(=O)c5cc[nH]c5CC#Cc5cc(C(N)N)ccc54)c3)c2)CCCC1. The predicted molar refractivity (Wildman–Crippen MR) is 252 cm³/mol. The molecule has 0 radical (unpaired) electrons. The monoisotopic (exact) mass is 861 g/mol. The number of phenols is 2. The third-order valence-corrected chi connectivity index (χ3v) is 13.4. The minimum absolute atomic E-state index is 0.0200. The molecule has 7 rings (SSSR count). The Hall–Kier alpha value is -5.92. The van der Waals surface area contributed by atoms with Crippen LogP contribution >= 0.6 is 0 Å². The van der Waals surface area contributed by atoms with Crippen LogP contribution in [0.15, 0.2) is 103 Å². The number of H-pyrrole nitrogens is 1. The topological polar surface area (TPSA) is 172 Å². The Morgan fingerprint density at radius 3 is 2.41 bits per heavy atom. The van der Waals surface area contributed by atoms with E-state index >= 15 is 0 Å². The highest BCUT2D eigenvalue weighted by Gasteiger charge is 2.32. The van der Waals surface area contributed by atoms with Crippen molar-refractivity contribution < 1.29 is 29.6 Å². The lowest BCUT2D eigenvalue weighted by Gasteiger charge is -2.27. The van der Waals surface area contributed by atoms with Gasteiger partial charge in [-0.25, -0.2) is 0 Å². The third-order valence-electron chi connectivity index (χ3n) is 13.4. The number of nitrogens with two attached hydrogens (primary N) is 2. The smallest absolute Gasteiger partial charge is 0.165 e. The molecule has 2 atom stereocenters. The van der Waals surface area contributed by atoms with Crippen molar-refractivity contribution in [1.29, 1.82) is 0 Å². The van der Waals surface area contributed by atoms with Crippen molar-refractivity contribution in [2.75, 3.05) is 13.2 Å². The van der Waals surface area contributed by atoms with Crippen LogP contribution in [0.3, 0.4) is 0 Å². The number of carbonyl (C=O) groups is 2. The maximum Gasteiger partial charge on any atom is 0.165 e. The van der Waals surface area contributed by atoms with Crippen LogP contribution in [0.1, 0.15) is 137 Å². The number of aromatic hydroxyl groups is 2. The van der Waals surface area contributed by atoms with Crippen LogP contribution in [0.5, 0.6) is 17.2 Å². The number of hydrogen-bond acceptors (Lipinski definition) is 8. The summed E-state index contributed by atoms with van der Waals surface area (Å²) in [6.07, 6.45) is 16.6. The van der Waals surface area contributed by atoms with Gasteiger partial charge >= 0.3 is 0 Å². The molecular formula is C55H63N3O6. The van der Waals surface area contributed by atoms with E-state index < -0.39 is 12.1 Å². The van der Waals surface area contributed by atoms with Crippen molar-refractivity contribution in [3.05, 3.63) is 159 Å². The van der Waals surface area contributed by atoms with Crippen LogP contribution in [0.4, 0.5) is 0 Å². The molecule has 4 aromatic carbocycles. The molecule has 5 aromatic rings. The number of nitrogens with one attached hydrogen (secondary N) is 1. The van der Waals surface area contributed by atoms with Crippen LogP contribution in [-0.4, -0.2) is 45.1 Å². The molecule has 1 saturated carbocycles. The molecule has 8 N–H and O–H groups in total. The lowest BCUT2D eigenvalue weighted by atomic mass is 9.78. The van der Waals surface area contributed by atoms with Gasteiger partial charge in [0.1, 0.15) is 5.75 Å². The summed E-state index contributed by atoms with van der Waals surface area (Å²) >= 11 is 0. The van der Waals surface area contributed by atoms with Gasteiger partial charge in [-0.2, -0.15) is 0 Å². The molecule has 64 heavy (non-hydrogen) atoms. The predicted octanol–water partition coefficient (Wildman–Crippen LogP) is 9.48. The molecule has 0 spiro atoms. The zero-order valence-corrected chi connectivity index (χ0v) is 37.1. The second-order valence-electron chi connectivity index (χ2n) is 18.0. The van der Waals surface area contributed by atoms with E-state index in [1.807, 2.05) is 48.5 Å². The summed E-state index contributed by atoms with van der Waals surface area (Å²) in [6, 6.07) is 26.5. The van der Waals surface area contributed by atoms with Gasteiger partial charge in [-0.1, -0.05) is 92.3 Å². The number of ketones is 2. The van der Waals surface area contributed by atoms with E-state index in [1.165, 1.54) is 24.0 Å². The van der Waals surface area contributed by atoms with Gasteiger partial charge < -0.3 is 36.5 Å². The van der Waals surface area contributed by atoms with Gasteiger partial charge in [0.05, 0.1) is 19.2 Å². The first-order valence-electron chi connectivity index (χ1n) is 23.0. The van der Waals surface area contributed by atoms with E-state index in [1.54, 1.807) is 30.5 Å². The standard InChI is InChI=1S/C55H63N3O6/c1-37(11-15-40-7-2-3-8-41(40)24-31-59)21-28-55(26-4-5-27-55)29-22-44(60)17-12-38-14-20-51(62)53(34-38)64-32-25-39-13-19-50(61)48(33-39)47-36-52(63)46-23-30-58-49(46)10-6-9-42-35-43(54(56)57)16-18-45(42)47/h2-3,7-8,13-14,16,18-20,22-23,29-30,33-35,37,47,54,58-59,61-62H,4-5,10-12,15,17,21,24-28,31-32,36,56-57H2,1H3/b29-22+/t37-,47+/m1/s1. The van der Waals surface area contributed by atoms with E-state index in [2.05, 4.69) is 48.0 Å². The number of aromatic amines is 1. The van der Waals surface area contributed by atoms with Gasteiger partial charge in [0.15, 0.2) is 23.1 Å². The summed E-state index contributed by atoms with van der Waals surface area (Å²) < 4.78 is 6.12. The largest absolute Gasteiger partial charge is 0.508 e. The number of hydrogen-bond donors (Lipinski definition) is 6. The minimum atomic E-state index is -0.692. The van der Waals surface area contributed by atoms with Crippen LogP contribution in [0.2, 0.25) is 0 Å². The number of Topliss-reactive ketones (excluding diaryl/α,β-unsaturated/α-hetero) is 1. The van der Waals surface area contributed by atoms with E-state index in [0.29, 0.717) is 60.5 Å². The zero-order valence-electron chi connectivity index (χ0n) is 37.1. The van der Waals surface area contributed by atoms with Crippen LogP contribution in [-0.2, 0) is 36.9 Å². The summed E-state index contributed by atoms with van der Waals surface area (Å²) in [5, 5.41) is 31.5. The molecule has 0 bridgehead atoms. The molecule has 9 heteroatoms. The summed E-state index contributed by atoms with van der Waals surface area (Å²) in [7, 11) is 0. The number of benzene rings is 4. The lowest BCUT2D eigenvalue weighted by molar-refractivity contribution is -0.114. The van der Waals surface area contributed by atoms with E-state index in [-0.39, 0.29) is 48.1 Å². The Kier molecular flexibility index (Phi) is 15.6. The highest BCUT2D eigenvalue weighted by atomic mass is 16.5. The first-order chi connectivity index (χ1) is 31.0. The number of rotatable bonds is 19. The van der Waals surface area contributed by atoms with Crippen molar-refractivity contribution >= 4 is 11.6 Å². The fourth-order valence-electron chi connectivity index (χ4n) is 9.51. The summed E-state index contributed by atoms with van der Waals surface area (Å²) in [5.74, 6) is 7.02. The van der Waals surface area contributed by atoms with Gasteiger partial charge in [-0.05, 0) is 132 Å². The maximum absolute atomic E-state index is 13.8. The summed E-state index contributed by atoms with van der Waals surface area (Å²) in [4.78, 5) is 30.2. The number of phenolic OH excluding ortho intramolecular Hbond substituents is 2. The third kappa shape index (κ3) is 11.8. The molecule has 1 aromatic heterocycles. The van der Waals surface area contributed by atoms with Gasteiger partial charge in [0.25, 0.3) is 0 Å². The number of carbonyl (C=O) groups excluding carboxylic acids is 2. The molecule has 1 heterocycles. The van der Waals surface area contributed by atoms with Gasteiger partial charge in [-0.15, -0.1) is 0 Å². The number of ether oxygens (including phenoxy) is 1. The number of aliphatic hydroxyl groups excluding tert-OH is 1. The Bertz CT molecular complexity index is 2500. The van der Waals surface area contributed by atoms with Gasteiger partial charge in [0, 0.05) is 60.4 Å². The van der Waals surface area contributed by atoms with Crippen LogP contribution < -0.4 is 16.2 Å². The maximum atomic E-state index is 13.8. The normalized spacial score (nSPS) is 16.3.